The fourth-order valence-corrected chi connectivity index (χ4v) is 3.31. The molecule has 0 heterocycles. The van der Waals surface area contributed by atoms with Crippen molar-refractivity contribution in [2.24, 2.45) is 0 Å². The van der Waals surface area contributed by atoms with Crippen molar-refractivity contribution < 1.29 is 4.74 Å². The quantitative estimate of drug-likeness (QED) is 0.594. The zero-order valence-electron chi connectivity index (χ0n) is 11.5. The molecule has 0 fully saturated rings. The van der Waals surface area contributed by atoms with Gasteiger partial charge in [0, 0.05) is 9.50 Å². The molecule has 2 rings (SSSR count). The predicted octanol–water partition coefficient (Wildman–Crippen LogP) is 6.06. The molecule has 0 aliphatic heterocycles. The second-order valence-electron chi connectivity index (χ2n) is 4.72. The summed E-state index contributed by atoms with van der Waals surface area (Å²) in [6.07, 6.45) is 0. The fraction of sp³-hybridized carbons (Fsp3) is 0.250. The van der Waals surface area contributed by atoms with Crippen molar-refractivity contribution in [2.75, 3.05) is 7.11 Å². The number of rotatable bonds is 3. The summed E-state index contributed by atoms with van der Waals surface area (Å²) < 4.78 is 6.34. The van der Waals surface area contributed by atoms with E-state index in [1.807, 2.05) is 44.2 Å². The summed E-state index contributed by atoms with van der Waals surface area (Å²) >= 11 is 16.3. The second kappa shape index (κ2) is 6.38. The van der Waals surface area contributed by atoms with Crippen LogP contribution in [0.1, 0.15) is 27.6 Å². The lowest BCUT2D eigenvalue weighted by atomic mass is 9.99. The van der Waals surface area contributed by atoms with Gasteiger partial charge in [0.25, 0.3) is 0 Å². The van der Waals surface area contributed by atoms with E-state index in [0.717, 1.165) is 32.5 Å². The first-order valence-electron chi connectivity index (χ1n) is 6.18. The molecule has 0 saturated heterocycles. The van der Waals surface area contributed by atoms with Crippen LogP contribution in [-0.2, 0) is 0 Å². The van der Waals surface area contributed by atoms with Gasteiger partial charge in [0.05, 0.1) is 12.5 Å². The normalized spacial score (nSPS) is 12.3. The number of methoxy groups -OCH3 is 1. The maximum Gasteiger partial charge on any atom is 0.124 e. The van der Waals surface area contributed by atoms with Crippen LogP contribution in [0.4, 0.5) is 0 Å². The first kappa shape index (κ1) is 15.7. The fourth-order valence-electron chi connectivity index (χ4n) is 2.34. The van der Waals surface area contributed by atoms with Crippen molar-refractivity contribution in [3.05, 3.63) is 62.1 Å². The molecule has 0 aromatic heterocycles. The SMILES string of the molecule is COc1c(C)cc(C(Cl)c2cc(Br)ccc2Cl)cc1C. The molecular formula is C16H15BrCl2O. The Morgan fingerprint density at radius 1 is 1.10 bits per heavy atom. The summed E-state index contributed by atoms with van der Waals surface area (Å²) in [6.45, 7) is 4.03. The Morgan fingerprint density at radius 3 is 2.25 bits per heavy atom. The maximum atomic E-state index is 6.60. The molecule has 0 spiro atoms. The minimum Gasteiger partial charge on any atom is -0.496 e. The number of ether oxygens (including phenoxy) is 1. The molecule has 4 heteroatoms. The molecule has 0 N–H and O–H groups in total. The van der Waals surface area contributed by atoms with Crippen molar-refractivity contribution in [3.63, 3.8) is 0 Å². The van der Waals surface area contributed by atoms with Crippen molar-refractivity contribution in [1.82, 2.24) is 0 Å². The van der Waals surface area contributed by atoms with Gasteiger partial charge in [0.2, 0.25) is 0 Å². The Balaban J connectivity index is 2.48. The highest BCUT2D eigenvalue weighted by atomic mass is 79.9. The van der Waals surface area contributed by atoms with Crippen molar-refractivity contribution >= 4 is 39.1 Å². The van der Waals surface area contributed by atoms with E-state index in [0.29, 0.717) is 5.02 Å². The zero-order valence-corrected chi connectivity index (χ0v) is 14.6. The lowest BCUT2D eigenvalue weighted by Gasteiger charge is -2.16. The molecule has 2 aromatic rings. The molecule has 0 bridgehead atoms. The lowest BCUT2D eigenvalue weighted by Crippen LogP contribution is -1.99. The van der Waals surface area contributed by atoms with E-state index < -0.39 is 0 Å². The van der Waals surface area contributed by atoms with E-state index in [-0.39, 0.29) is 5.38 Å². The van der Waals surface area contributed by atoms with Gasteiger partial charge in [-0.25, -0.2) is 0 Å². The number of benzene rings is 2. The first-order valence-corrected chi connectivity index (χ1v) is 7.79. The number of hydrogen-bond acceptors (Lipinski definition) is 1. The van der Waals surface area contributed by atoms with Crippen LogP contribution in [0.2, 0.25) is 5.02 Å². The molecule has 1 nitrogen and oxygen atoms in total. The Bertz CT molecular complexity index is 617. The summed E-state index contributed by atoms with van der Waals surface area (Å²) in [6, 6.07) is 9.79. The summed E-state index contributed by atoms with van der Waals surface area (Å²) in [5, 5.41) is 0.377. The molecule has 0 amide bonds. The molecule has 106 valence electrons. The van der Waals surface area contributed by atoms with Crippen LogP contribution in [0, 0.1) is 13.8 Å². The van der Waals surface area contributed by atoms with Crippen molar-refractivity contribution in [2.45, 2.75) is 19.2 Å². The van der Waals surface area contributed by atoms with E-state index in [1.165, 1.54) is 0 Å². The van der Waals surface area contributed by atoms with Gasteiger partial charge >= 0.3 is 0 Å². The van der Waals surface area contributed by atoms with Crippen LogP contribution in [0.15, 0.2) is 34.8 Å². The van der Waals surface area contributed by atoms with Gasteiger partial charge in [0.1, 0.15) is 5.75 Å². The molecule has 0 radical (unpaired) electrons. The van der Waals surface area contributed by atoms with E-state index in [2.05, 4.69) is 15.9 Å². The van der Waals surface area contributed by atoms with E-state index in [4.69, 9.17) is 27.9 Å². The maximum absolute atomic E-state index is 6.60. The monoisotopic (exact) mass is 372 g/mol. The first-order chi connectivity index (χ1) is 9.43. The largest absolute Gasteiger partial charge is 0.496 e. The lowest BCUT2D eigenvalue weighted by molar-refractivity contribution is 0.408. The van der Waals surface area contributed by atoms with E-state index >= 15 is 0 Å². The summed E-state index contributed by atoms with van der Waals surface area (Å²) in [5.74, 6) is 0.901. The van der Waals surface area contributed by atoms with Crippen molar-refractivity contribution in [3.8, 4) is 5.75 Å². The van der Waals surface area contributed by atoms with Gasteiger partial charge in [-0.2, -0.15) is 0 Å². The standard InChI is InChI=1S/C16H15BrCl2O/c1-9-6-11(7-10(2)16(9)20-3)15(19)13-8-12(17)4-5-14(13)18/h4-8,15H,1-3H3. The number of aryl methyl sites for hydroxylation is 2. The molecule has 0 saturated carbocycles. The van der Waals surface area contributed by atoms with Crippen LogP contribution in [0.3, 0.4) is 0 Å². The molecule has 2 aromatic carbocycles. The zero-order chi connectivity index (χ0) is 14.9. The second-order valence-corrected chi connectivity index (χ2v) is 6.48. The van der Waals surface area contributed by atoms with Crippen LogP contribution >= 0.6 is 39.1 Å². The number of halogens is 3. The summed E-state index contributed by atoms with van der Waals surface area (Å²) in [5.41, 5.74) is 4.05. The van der Waals surface area contributed by atoms with Gasteiger partial charge in [-0.05, 0) is 54.3 Å². The molecule has 0 aliphatic carbocycles. The Kier molecular flexibility index (Phi) is 5.00. The smallest absolute Gasteiger partial charge is 0.124 e. The van der Waals surface area contributed by atoms with Crippen LogP contribution in [0.25, 0.3) is 0 Å². The minimum absolute atomic E-state index is 0.289. The summed E-state index contributed by atoms with van der Waals surface area (Å²) in [7, 11) is 1.68. The molecule has 1 unspecified atom stereocenters. The van der Waals surface area contributed by atoms with Gasteiger partial charge in [-0.1, -0.05) is 39.7 Å². The third-order valence-electron chi connectivity index (χ3n) is 3.21. The highest BCUT2D eigenvalue weighted by Gasteiger charge is 2.17. The van der Waals surface area contributed by atoms with Crippen LogP contribution in [0.5, 0.6) is 5.75 Å². The highest BCUT2D eigenvalue weighted by molar-refractivity contribution is 9.10. The minimum atomic E-state index is -0.289. The topological polar surface area (TPSA) is 9.23 Å². The van der Waals surface area contributed by atoms with Crippen molar-refractivity contribution in [1.29, 1.82) is 0 Å². The van der Waals surface area contributed by atoms with Gasteiger partial charge in [-0.3, -0.25) is 0 Å². The predicted molar refractivity (Wildman–Crippen MR) is 89.3 cm³/mol. The number of hydrogen-bond donors (Lipinski definition) is 0. The Morgan fingerprint density at radius 2 is 1.70 bits per heavy atom. The van der Waals surface area contributed by atoms with Gasteiger partial charge in [0.15, 0.2) is 0 Å². The molecule has 0 aliphatic rings. The Labute approximate surface area is 138 Å². The average Bonchev–Trinajstić information content (AvgIpc) is 2.40. The average molecular weight is 374 g/mol. The third kappa shape index (κ3) is 3.13. The van der Waals surface area contributed by atoms with E-state index in [9.17, 15) is 0 Å². The molecular weight excluding hydrogens is 359 g/mol. The van der Waals surface area contributed by atoms with Crippen LogP contribution < -0.4 is 4.74 Å². The van der Waals surface area contributed by atoms with Crippen LogP contribution in [-0.4, -0.2) is 7.11 Å². The van der Waals surface area contributed by atoms with Gasteiger partial charge < -0.3 is 4.74 Å². The highest BCUT2D eigenvalue weighted by Crippen LogP contribution is 2.37. The van der Waals surface area contributed by atoms with Gasteiger partial charge in [-0.15, -0.1) is 11.6 Å². The molecule has 1 atom stereocenters. The third-order valence-corrected chi connectivity index (χ3v) is 4.54. The van der Waals surface area contributed by atoms with E-state index in [1.54, 1.807) is 7.11 Å². The summed E-state index contributed by atoms with van der Waals surface area (Å²) in [4.78, 5) is 0. The molecule has 20 heavy (non-hydrogen) atoms. The Hall–Kier alpha value is -0.700. The number of alkyl halides is 1.